The fourth-order valence-electron chi connectivity index (χ4n) is 4.41. The Morgan fingerprint density at radius 2 is 1.85 bits per heavy atom. The molecule has 2 amide bonds. The lowest BCUT2D eigenvalue weighted by atomic mass is 10.1. The second-order valence-corrected chi connectivity index (χ2v) is 9.69. The fourth-order valence-corrected chi connectivity index (χ4v) is 4.41. The molecule has 0 aliphatic carbocycles. The number of nitrogens with zero attached hydrogens (tertiary/aromatic N) is 6. The molecule has 1 saturated heterocycles. The molecule has 3 aromatic rings. The van der Waals surface area contributed by atoms with Crippen LogP contribution in [-0.4, -0.2) is 77.2 Å². The van der Waals surface area contributed by atoms with Gasteiger partial charge in [0.25, 0.3) is 17.6 Å². The van der Waals surface area contributed by atoms with Crippen molar-refractivity contribution in [3.8, 4) is 5.75 Å². The number of allylic oxidation sites excluding steroid dienone is 2. The maximum atomic E-state index is 13.5. The summed E-state index contributed by atoms with van der Waals surface area (Å²) < 4.78 is 5.48. The van der Waals surface area contributed by atoms with Gasteiger partial charge in [-0.15, -0.1) is 5.11 Å². The highest BCUT2D eigenvalue weighted by atomic mass is 16.5. The largest absolute Gasteiger partial charge is 0.494 e. The second kappa shape index (κ2) is 11.5. The van der Waals surface area contributed by atoms with Gasteiger partial charge in [0.1, 0.15) is 5.75 Å². The Kier molecular flexibility index (Phi) is 8.08. The van der Waals surface area contributed by atoms with Gasteiger partial charge >= 0.3 is 0 Å². The van der Waals surface area contributed by atoms with Crippen LogP contribution in [0, 0.1) is 0 Å². The van der Waals surface area contributed by atoms with Gasteiger partial charge in [0.05, 0.1) is 35.5 Å². The van der Waals surface area contributed by atoms with E-state index in [9.17, 15) is 14.4 Å². The summed E-state index contributed by atoms with van der Waals surface area (Å²) in [5.41, 5.74) is 3.08. The first-order chi connectivity index (χ1) is 18.6. The van der Waals surface area contributed by atoms with Crippen molar-refractivity contribution in [2.24, 2.45) is 10.3 Å². The number of nitrogens with one attached hydrogen (secondary N) is 1. The van der Waals surface area contributed by atoms with Gasteiger partial charge in [-0.1, -0.05) is 29.0 Å². The van der Waals surface area contributed by atoms with Crippen molar-refractivity contribution in [2.45, 2.75) is 33.7 Å². The molecule has 4 rings (SSSR count). The van der Waals surface area contributed by atoms with Crippen LogP contribution in [0.3, 0.4) is 0 Å². The van der Waals surface area contributed by atoms with Crippen LogP contribution < -0.4 is 9.75 Å². The molecule has 1 atom stereocenters. The lowest BCUT2D eigenvalue weighted by molar-refractivity contribution is -0.128. The maximum Gasteiger partial charge on any atom is 0.295 e. The van der Waals surface area contributed by atoms with E-state index in [4.69, 9.17) is 4.74 Å². The first-order valence-corrected chi connectivity index (χ1v) is 12.7. The summed E-state index contributed by atoms with van der Waals surface area (Å²) in [6, 6.07) is 8.78. The number of H-pyrrole nitrogens is 1. The lowest BCUT2D eigenvalue weighted by Gasteiger charge is -2.39. The smallest absolute Gasteiger partial charge is 0.295 e. The first kappa shape index (κ1) is 27.5. The standard InChI is InChI=1S/C28H33N7O4/c1-17(2)19(4)31-32-33(5)26-24-23(22(39-6)15-30-26)21(14-29-24)25(36)28(38)34-12-13-35(18(3)16-34)27(37)20-10-8-7-9-11-20/h7-11,14-15,18,29H,12-13,16H2,1-6H3/t18-/m1/s1. The third-order valence-electron chi connectivity index (χ3n) is 6.87. The lowest BCUT2D eigenvalue weighted by Crippen LogP contribution is -2.56. The van der Waals surface area contributed by atoms with Crippen LogP contribution in [0.4, 0.5) is 5.82 Å². The number of pyridine rings is 1. The number of carbonyl (C=O) groups excluding carboxylic acids is 3. The average Bonchev–Trinajstić information content (AvgIpc) is 3.39. The summed E-state index contributed by atoms with van der Waals surface area (Å²) in [6.45, 7) is 8.46. The molecule has 0 unspecified atom stereocenters. The monoisotopic (exact) mass is 531 g/mol. The van der Waals surface area contributed by atoms with E-state index in [0.717, 1.165) is 11.3 Å². The topological polar surface area (TPSA) is 124 Å². The summed E-state index contributed by atoms with van der Waals surface area (Å²) in [6.07, 6.45) is 2.98. The molecule has 1 fully saturated rings. The van der Waals surface area contributed by atoms with Crippen molar-refractivity contribution in [3.05, 3.63) is 65.1 Å². The third-order valence-corrected chi connectivity index (χ3v) is 6.87. The van der Waals surface area contributed by atoms with E-state index in [-0.39, 0.29) is 30.6 Å². The van der Waals surface area contributed by atoms with Gasteiger partial charge < -0.3 is 19.5 Å². The maximum absolute atomic E-state index is 13.5. The summed E-state index contributed by atoms with van der Waals surface area (Å²) in [5.74, 6) is -0.629. The van der Waals surface area contributed by atoms with Gasteiger partial charge in [0, 0.05) is 44.5 Å². The van der Waals surface area contributed by atoms with E-state index in [1.165, 1.54) is 29.4 Å². The molecule has 0 saturated carbocycles. The van der Waals surface area contributed by atoms with Gasteiger partial charge in [0.15, 0.2) is 5.82 Å². The van der Waals surface area contributed by atoms with Gasteiger partial charge in [-0.05, 0) is 39.8 Å². The summed E-state index contributed by atoms with van der Waals surface area (Å²) in [5, 5.41) is 10.4. The number of methoxy groups -OCH3 is 1. The number of aromatic amines is 1. The van der Waals surface area contributed by atoms with Crippen molar-refractivity contribution in [2.75, 3.05) is 38.8 Å². The molecule has 3 heterocycles. The number of carbonyl (C=O) groups is 3. The van der Waals surface area contributed by atoms with E-state index in [0.29, 0.717) is 34.6 Å². The molecule has 2 aromatic heterocycles. The number of aromatic nitrogens is 2. The zero-order valence-electron chi connectivity index (χ0n) is 23.1. The number of rotatable bonds is 7. The molecule has 0 radical (unpaired) electrons. The van der Waals surface area contributed by atoms with Crippen LogP contribution in [0.5, 0.6) is 5.75 Å². The second-order valence-electron chi connectivity index (χ2n) is 9.69. The molecular weight excluding hydrogens is 498 g/mol. The number of piperazine rings is 1. The Morgan fingerprint density at radius 1 is 1.13 bits per heavy atom. The molecule has 1 N–H and O–H groups in total. The Labute approximate surface area is 227 Å². The van der Waals surface area contributed by atoms with Crippen LogP contribution in [0.2, 0.25) is 0 Å². The van der Waals surface area contributed by atoms with Crippen molar-refractivity contribution in [3.63, 3.8) is 0 Å². The van der Waals surface area contributed by atoms with E-state index < -0.39 is 11.7 Å². The van der Waals surface area contributed by atoms with Crippen LogP contribution in [0.1, 0.15) is 48.4 Å². The zero-order chi connectivity index (χ0) is 28.3. The Morgan fingerprint density at radius 3 is 2.49 bits per heavy atom. The summed E-state index contributed by atoms with van der Waals surface area (Å²) in [7, 11) is 3.17. The molecule has 1 aromatic carbocycles. The highest BCUT2D eigenvalue weighted by molar-refractivity contribution is 6.45. The van der Waals surface area contributed by atoms with E-state index in [1.807, 2.05) is 45.9 Å². The number of anilines is 1. The predicted octanol–water partition coefficient (Wildman–Crippen LogP) is 4.24. The molecule has 1 aliphatic rings. The molecule has 1 aliphatic heterocycles. The quantitative estimate of drug-likeness (QED) is 0.210. The zero-order valence-corrected chi connectivity index (χ0v) is 23.1. The number of fused-ring (bicyclic) bond motifs is 1. The normalized spacial score (nSPS) is 15.5. The van der Waals surface area contributed by atoms with Crippen molar-refractivity contribution < 1.29 is 19.1 Å². The van der Waals surface area contributed by atoms with Crippen LogP contribution in [0.25, 0.3) is 10.9 Å². The number of ketones is 1. The number of ether oxygens (including phenoxy) is 1. The van der Waals surface area contributed by atoms with Crippen molar-refractivity contribution in [1.82, 2.24) is 19.8 Å². The molecule has 11 nitrogen and oxygen atoms in total. The predicted molar refractivity (Wildman–Crippen MR) is 148 cm³/mol. The van der Waals surface area contributed by atoms with E-state index >= 15 is 0 Å². The summed E-state index contributed by atoms with van der Waals surface area (Å²) in [4.78, 5) is 50.5. The van der Waals surface area contributed by atoms with Crippen molar-refractivity contribution in [1.29, 1.82) is 0 Å². The number of amides is 2. The van der Waals surface area contributed by atoms with E-state index in [1.54, 1.807) is 24.1 Å². The third kappa shape index (κ3) is 5.52. The van der Waals surface area contributed by atoms with Crippen LogP contribution in [0.15, 0.2) is 64.3 Å². The molecule has 11 heteroatoms. The van der Waals surface area contributed by atoms with Gasteiger partial charge in [-0.25, -0.2) is 9.99 Å². The molecular formula is C28H33N7O4. The number of Topliss-reactive ketones (excluding diaryl/α,β-unsaturated/α-hetero) is 1. The van der Waals surface area contributed by atoms with E-state index in [2.05, 4.69) is 20.3 Å². The molecule has 39 heavy (non-hydrogen) atoms. The summed E-state index contributed by atoms with van der Waals surface area (Å²) >= 11 is 0. The molecule has 204 valence electrons. The van der Waals surface area contributed by atoms with Gasteiger partial charge in [-0.2, -0.15) is 0 Å². The van der Waals surface area contributed by atoms with Crippen molar-refractivity contribution >= 4 is 34.3 Å². The number of hydrogen-bond donors (Lipinski definition) is 1. The average molecular weight is 532 g/mol. The highest BCUT2D eigenvalue weighted by Gasteiger charge is 2.34. The van der Waals surface area contributed by atoms with Crippen LogP contribution >= 0.6 is 0 Å². The van der Waals surface area contributed by atoms with Crippen LogP contribution in [-0.2, 0) is 4.79 Å². The van der Waals surface area contributed by atoms with Gasteiger partial charge in [0.2, 0.25) is 0 Å². The number of benzene rings is 1. The number of hydrogen-bond acceptors (Lipinski definition) is 7. The first-order valence-electron chi connectivity index (χ1n) is 12.7. The minimum Gasteiger partial charge on any atom is -0.494 e. The minimum atomic E-state index is -0.670. The highest BCUT2D eigenvalue weighted by Crippen LogP contribution is 2.34. The Balaban J connectivity index is 1.57. The Bertz CT molecular complexity index is 1460. The molecule has 0 spiro atoms. The van der Waals surface area contributed by atoms with Gasteiger partial charge in [-0.3, -0.25) is 14.4 Å². The SMILES string of the molecule is COc1cnc(N(C)N=NC(C)=C(C)C)c2[nH]cc(C(=O)C(=O)N3CCN(C(=O)c4ccccc4)[C@H](C)C3)c12. The fraction of sp³-hybridized carbons (Fsp3) is 0.357. The Hall–Kier alpha value is -4.54. The molecule has 0 bridgehead atoms. The minimum absolute atomic E-state index is 0.0935.